The molecule has 28 heavy (non-hydrogen) atoms. The number of ether oxygens (including phenoxy) is 2. The van der Waals surface area contributed by atoms with Gasteiger partial charge in [-0.2, -0.15) is 5.10 Å². The molecule has 1 N–H and O–H groups in total. The fourth-order valence-electron chi connectivity index (χ4n) is 3.85. The van der Waals surface area contributed by atoms with E-state index < -0.39 is 0 Å². The molecule has 0 saturated heterocycles. The average molecular weight is 377 g/mol. The summed E-state index contributed by atoms with van der Waals surface area (Å²) in [5.74, 6) is 2.65. The summed E-state index contributed by atoms with van der Waals surface area (Å²) in [5.41, 5.74) is 6.84. The van der Waals surface area contributed by atoms with E-state index >= 15 is 0 Å². The van der Waals surface area contributed by atoms with Crippen LogP contribution in [0.25, 0.3) is 16.9 Å². The first-order valence-electron chi connectivity index (χ1n) is 9.78. The summed E-state index contributed by atoms with van der Waals surface area (Å²) in [6.45, 7) is 5.26. The van der Waals surface area contributed by atoms with Gasteiger partial charge in [0.25, 0.3) is 0 Å². The fraction of sp³-hybridized carbons (Fsp3) is 0.348. The van der Waals surface area contributed by atoms with E-state index in [1.165, 1.54) is 16.7 Å². The van der Waals surface area contributed by atoms with E-state index in [1.54, 1.807) is 14.2 Å². The predicted octanol–water partition coefficient (Wildman–Crippen LogP) is 4.92. The van der Waals surface area contributed by atoms with E-state index in [1.807, 2.05) is 18.2 Å². The fourth-order valence-corrected chi connectivity index (χ4v) is 3.85. The van der Waals surface area contributed by atoms with Crippen molar-refractivity contribution in [1.82, 2.24) is 9.78 Å². The first kappa shape index (κ1) is 18.4. The maximum atomic E-state index is 5.67. The van der Waals surface area contributed by atoms with Crippen LogP contribution in [0.5, 0.6) is 11.5 Å². The number of methoxy groups -OCH3 is 2. The second-order valence-electron chi connectivity index (χ2n) is 7.26. The summed E-state index contributed by atoms with van der Waals surface area (Å²) < 4.78 is 13.1. The lowest BCUT2D eigenvalue weighted by atomic mass is 10.0. The van der Waals surface area contributed by atoms with Crippen LogP contribution in [-0.4, -0.2) is 30.5 Å². The van der Waals surface area contributed by atoms with Gasteiger partial charge in [-0.15, -0.1) is 0 Å². The number of hydrogen-bond donors (Lipinski definition) is 1. The molecule has 0 unspecified atom stereocenters. The van der Waals surface area contributed by atoms with Crippen molar-refractivity contribution in [2.24, 2.45) is 0 Å². The minimum Gasteiger partial charge on any atom is -0.497 e. The topological polar surface area (TPSA) is 48.3 Å². The molecule has 0 fully saturated rings. The zero-order valence-electron chi connectivity index (χ0n) is 17.0. The Morgan fingerprint density at radius 2 is 1.89 bits per heavy atom. The van der Waals surface area contributed by atoms with Gasteiger partial charge >= 0.3 is 0 Å². The first-order chi connectivity index (χ1) is 13.6. The van der Waals surface area contributed by atoms with Crippen LogP contribution in [0.3, 0.4) is 0 Å². The molecule has 0 bridgehead atoms. The molecule has 4 rings (SSSR count). The zero-order valence-corrected chi connectivity index (χ0v) is 17.0. The number of hydrogen-bond acceptors (Lipinski definition) is 4. The van der Waals surface area contributed by atoms with Gasteiger partial charge in [-0.25, -0.2) is 4.68 Å². The number of aryl methyl sites for hydroxylation is 1. The maximum absolute atomic E-state index is 5.67. The van der Waals surface area contributed by atoms with Crippen LogP contribution in [0, 0.1) is 13.8 Å². The van der Waals surface area contributed by atoms with Crippen LogP contribution >= 0.6 is 0 Å². The highest BCUT2D eigenvalue weighted by Crippen LogP contribution is 2.39. The van der Waals surface area contributed by atoms with E-state index in [-0.39, 0.29) is 0 Å². The number of rotatable bonds is 4. The average Bonchev–Trinajstić information content (AvgIpc) is 2.90. The maximum Gasteiger partial charge on any atom is 0.133 e. The molecule has 5 nitrogen and oxygen atoms in total. The highest BCUT2D eigenvalue weighted by atomic mass is 16.5. The molecular weight excluding hydrogens is 350 g/mol. The smallest absolute Gasteiger partial charge is 0.133 e. The number of nitrogens with one attached hydrogen (secondary N) is 1. The van der Waals surface area contributed by atoms with Crippen LogP contribution < -0.4 is 14.8 Å². The Bertz CT molecular complexity index is 1010. The molecule has 146 valence electrons. The van der Waals surface area contributed by atoms with E-state index in [9.17, 15) is 0 Å². The van der Waals surface area contributed by atoms with Crippen LogP contribution in [0.2, 0.25) is 0 Å². The third-order valence-corrected chi connectivity index (χ3v) is 5.60. The molecule has 3 aromatic rings. The van der Waals surface area contributed by atoms with Gasteiger partial charge in [-0.05, 0) is 62.4 Å². The van der Waals surface area contributed by atoms with Crippen molar-refractivity contribution < 1.29 is 9.47 Å². The van der Waals surface area contributed by atoms with Crippen molar-refractivity contribution in [3.8, 4) is 28.4 Å². The molecule has 1 aromatic heterocycles. The molecule has 0 atom stereocenters. The second kappa shape index (κ2) is 7.58. The molecule has 2 heterocycles. The molecule has 0 radical (unpaired) electrons. The highest BCUT2D eigenvalue weighted by Gasteiger charge is 2.24. The molecule has 0 saturated carbocycles. The standard InChI is InChI=1S/C23H27N3O2/c1-15-8-7-10-20(16(15)2)26-23-19(9-5-6-13-24-23)22(25-26)18-12-11-17(27-3)14-21(18)28-4/h7-8,10-12,14,24H,5-6,9,13H2,1-4H3. The summed E-state index contributed by atoms with van der Waals surface area (Å²) in [6.07, 6.45) is 3.29. The van der Waals surface area contributed by atoms with Crippen molar-refractivity contribution >= 4 is 5.82 Å². The minimum absolute atomic E-state index is 0.775. The van der Waals surface area contributed by atoms with Gasteiger partial charge in [-0.1, -0.05) is 12.1 Å². The molecule has 0 aliphatic carbocycles. The highest BCUT2D eigenvalue weighted by molar-refractivity contribution is 5.76. The monoisotopic (exact) mass is 377 g/mol. The molecule has 1 aliphatic rings. The zero-order chi connectivity index (χ0) is 19.7. The second-order valence-corrected chi connectivity index (χ2v) is 7.26. The number of anilines is 1. The number of aromatic nitrogens is 2. The van der Waals surface area contributed by atoms with Gasteiger partial charge < -0.3 is 14.8 Å². The van der Waals surface area contributed by atoms with Gasteiger partial charge in [0.15, 0.2) is 0 Å². The molecule has 1 aliphatic heterocycles. The quantitative estimate of drug-likeness (QED) is 0.701. The van der Waals surface area contributed by atoms with E-state index in [0.717, 1.165) is 60.1 Å². The number of fused-ring (bicyclic) bond motifs is 1. The van der Waals surface area contributed by atoms with Crippen molar-refractivity contribution in [1.29, 1.82) is 0 Å². The molecular formula is C23H27N3O2. The Morgan fingerprint density at radius 3 is 2.68 bits per heavy atom. The summed E-state index contributed by atoms with van der Waals surface area (Å²) in [4.78, 5) is 0. The number of nitrogens with zero attached hydrogens (tertiary/aromatic N) is 2. The van der Waals surface area contributed by atoms with Crippen molar-refractivity contribution in [2.75, 3.05) is 26.1 Å². The van der Waals surface area contributed by atoms with E-state index in [0.29, 0.717) is 0 Å². The van der Waals surface area contributed by atoms with Crippen molar-refractivity contribution in [3.05, 3.63) is 53.1 Å². The van der Waals surface area contributed by atoms with Crippen LogP contribution in [0.1, 0.15) is 29.5 Å². The molecule has 5 heteroatoms. The normalized spacial score (nSPS) is 13.4. The van der Waals surface area contributed by atoms with Crippen LogP contribution in [0.4, 0.5) is 5.82 Å². The summed E-state index contributed by atoms with van der Waals surface area (Å²) >= 11 is 0. The predicted molar refractivity (Wildman–Crippen MR) is 113 cm³/mol. The lowest BCUT2D eigenvalue weighted by Crippen LogP contribution is -2.08. The Labute approximate surface area is 166 Å². The van der Waals surface area contributed by atoms with E-state index in [2.05, 4.69) is 42.0 Å². The lowest BCUT2D eigenvalue weighted by Gasteiger charge is -2.13. The molecule has 0 amide bonds. The van der Waals surface area contributed by atoms with Gasteiger partial charge in [0.2, 0.25) is 0 Å². The Balaban J connectivity index is 1.95. The summed E-state index contributed by atoms with van der Waals surface area (Å²) in [6, 6.07) is 12.3. The largest absolute Gasteiger partial charge is 0.497 e. The minimum atomic E-state index is 0.775. The SMILES string of the molecule is COc1ccc(-c2nn(-c3cccc(C)c3C)c3c2CCCCN3)c(OC)c1. The van der Waals surface area contributed by atoms with Crippen molar-refractivity contribution in [2.45, 2.75) is 33.1 Å². The molecule has 2 aromatic carbocycles. The van der Waals surface area contributed by atoms with Gasteiger partial charge in [0.1, 0.15) is 23.0 Å². The summed E-state index contributed by atoms with van der Waals surface area (Å²) in [5, 5.41) is 8.70. The third kappa shape index (κ3) is 3.11. The van der Waals surface area contributed by atoms with Crippen LogP contribution in [-0.2, 0) is 6.42 Å². The third-order valence-electron chi connectivity index (χ3n) is 5.60. The first-order valence-corrected chi connectivity index (χ1v) is 9.78. The Kier molecular flexibility index (Phi) is 4.99. The number of benzene rings is 2. The Morgan fingerprint density at radius 1 is 1.04 bits per heavy atom. The molecule has 0 spiro atoms. The lowest BCUT2D eigenvalue weighted by molar-refractivity contribution is 0.395. The Hall–Kier alpha value is -2.95. The van der Waals surface area contributed by atoms with E-state index in [4.69, 9.17) is 14.6 Å². The van der Waals surface area contributed by atoms with Gasteiger partial charge in [0.05, 0.1) is 19.9 Å². The van der Waals surface area contributed by atoms with Gasteiger partial charge in [0, 0.05) is 23.7 Å². The van der Waals surface area contributed by atoms with Crippen LogP contribution in [0.15, 0.2) is 36.4 Å². The summed E-state index contributed by atoms with van der Waals surface area (Å²) in [7, 11) is 3.36. The van der Waals surface area contributed by atoms with Gasteiger partial charge in [-0.3, -0.25) is 0 Å². The van der Waals surface area contributed by atoms with Crippen molar-refractivity contribution in [3.63, 3.8) is 0 Å².